The Hall–Kier alpha value is -2.27. The van der Waals surface area contributed by atoms with Gasteiger partial charge in [0.15, 0.2) is 11.5 Å². The van der Waals surface area contributed by atoms with Crippen molar-refractivity contribution in [1.82, 2.24) is 4.90 Å². The van der Waals surface area contributed by atoms with Crippen molar-refractivity contribution in [2.75, 3.05) is 7.11 Å². The van der Waals surface area contributed by atoms with E-state index in [1.807, 2.05) is 75.1 Å². The van der Waals surface area contributed by atoms with E-state index >= 15 is 0 Å². The molecule has 0 bridgehead atoms. The number of methoxy groups -OCH3 is 1. The summed E-state index contributed by atoms with van der Waals surface area (Å²) in [7, 11) is 1.61. The maximum absolute atomic E-state index is 12.5. The number of nitrogens with zero attached hydrogens (tertiary/aromatic N) is 1. The minimum absolute atomic E-state index is 0.00973. The standard InChI is InChI=1S/C23H28BrNO3/c1-16(2)25(17(3)4)22(26)12-11-19-13-20(24)23(21(14-19)27-5)28-15-18-9-7-6-8-10-18/h6-14,16-17H,15H2,1-5H3/b12-11+. The topological polar surface area (TPSA) is 38.8 Å². The van der Waals surface area contributed by atoms with Crippen molar-refractivity contribution < 1.29 is 14.3 Å². The van der Waals surface area contributed by atoms with Gasteiger partial charge < -0.3 is 14.4 Å². The molecule has 0 fully saturated rings. The zero-order valence-corrected chi connectivity index (χ0v) is 18.7. The Balaban J connectivity index is 2.19. The molecule has 4 nitrogen and oxygen atoms in total. The summed E-state index contributed by atoms with van der Waals surface area (Å²) in [6, 6.07) is 14.0. The molecular formula is C23H28BrNO3. The van der Waals surface area contributed by atoms with Gasteiger partial charge in [-0.05, 0) is 73.0 Å². The van der Waals surface area contributed by atoms with Gasteiger partial charge in [-0.2, -0.15) is 0 Å². The van der Waals surface area contributed by atoms with Crippen molar-refractivity contribution in [2.45, 2.75) is 46.4 Å². The van der Waals surface area contributed by atoms with Crippen LogP contribution in [0.3, 0.4) is 0 Å². The summed E-state index contributed by atoms with van der Waals surface area (Å²) in [5, 5.41) is 0. The lowest BCUT2D eigenvalue weighted by Gasteiger charge is -2.29. The van der Waals surface area contributed by atoms with Gasteiger partial charge in [-0.15, -0.1) is 0 Å². The highest BCUT2D eigenvalue weighted by atomic mass is 79.9. The summed E-state index contributed by atoms with van der Waals surface area (Å²) in [5.41, 5.74) is 1.94. The Morgan fingerprint density at radius 3 is 2.32 bits per heavy atom. The highest BCUT2D eigenvalue weighted by molar-refractivity contribution is 9.10. The van der Waals surface area contributed by atoms with Crippen LogP contribution in [0.2, 0.25) is 0 Å². The average Bonchev–Trinajstić information content (AvgIpc) is 2.65. The monoisotopic (exact) mass is 445 g/mol. The van der Waals surface area contributed by atoms with Crippen molar-refractivity contribution in [2.24, 2.45) is 0 Å². The second-order valence-electron chi connectivity index (χ2n) is 7.07. The summed E-state index contributed by atoms with van der Waals surface area (Å²) < 4.78 is 12.2. The molecule has 0 spiro atoms. The first-order chi connectivity index (χ1) is 13.3. The lowest BCUT2D eigenvalue weighted by atomic mass is 10.1. The molecule has 28 heavy (non-hydrogen) atoms. The van der Waals surface area contributed by atoms with Gasteiger partial charge in [-0.25, -0.2) is 0 Å². The smallest absolute Gasteiger partial charge is 0.247 e. The van der Waals surface area contributed by atoms with Gasteiger partial charge in [0.25, 0.3) is 0 Å². The van der Waals surface area contributed by atoms with Gasteiger partial charge in [0.2, 0.25) is 5.91 Å². The van der Waals surface area contributed by atoms with Gasteiger partial charge in [-0.1, -0.05) is 30.3 Å². The predicted molar refractivity (Wildman–Crippen MR) is 118 cm³/mol. The van der Waals surface area contributed by atoms with Crippen LogP contribution in [0.1, 0.15) is 38.8 Å². The van der Waals surface area contributed by atoms with Gasteiger partial charge in [0.05, 0.1) is 11.6 Å². The quantitative estimate of drug-likeness (QED) is 0.489. The van der Waals surface area contributed by atoms with Crippen LogP contribution in [-0.4, -0.2) is 30.0 Å². The van der Waals surface area contributed by atoms with E-state index in [0.29, 0.717) is 18.1 Å². The van der Waals surface area contributed by atoms with E-state index in [9.17, 15) is 4.79 Å². The molecule has 1 amide bonds. The third-order valence-corrected chi connectivity index (χ3v) is 4.85. The number of ether oxygens (including phenoxy) is 2. The number of carbonyl (C=O) groups is 1. The Labute approximate surface area is 176 Å². The fraction of sp³-hybridized carbons (Fsp3) is 0.348. The normalized spacial score (nSPS) is 11.3. The molecule has 0 aliphatic rings. The molecule has 0 heterocycles. The Kier molecular flexibility index (Phi) is 8.12. The Bertz CT molecular complexity index is 808. The van der Waals surface area contributed by atoms with Gasteiger partial charge >= 0.3 is 0 Å². The molecule has 0 N–H and O–H groups in total. The maximum Gasteiger partial charge on any atom is 0.247 e. The summed E-state index contributed by atoms with van der Waals surface area (Å²) >= 11 is 3.56. The van der Waals surface area contributed by atoms with Crippen LogP contribution in [0.4, 0.5) is 0 Å². The van der Waals surface area contributed by atoms with Crippen LogP contribution < -0.4 is 9.47 Å². The van der Waals surface area contributed by atoms with E-state index in [4.69, 9.17) is 9.47 Å². The molecule has 0 atom stereocenters. The van der Waals surface area contributed by atoms with Crippen LogP contribution in [0, 0.1) is 0 Å². The zero-order chi connectivity index (χ0) is 20.7. The minimum atomic E-state index is -0.00973. The highest BCUT2D eigenvalue weighted by Gasteiger charge is 2.18. The number of hydrogen-bond acceptors (Lipinski definition) is 3. The fourth-order valence-electron chi connectivity index (χ4n) is 3.06. The Morgan fingerprint density at radius 1 is 1.11 bits per heavy atom. The molecule has 0 unspecified atom stereocenters. The van der Waals surface area contributed by atoms with E-state index in [1.54, 1.807) is 19.3 Å². The van der Waals surface area contributed by atoms with Crippen LogP contribution in [0.25, 0.3) is 6.08 Å². The van der Waals surface area contributed by atoms with Crippen LogP contribution in [-0.2, 0) is 11.4 Å². The van der Waals surface area contributed by atoms with Crippen molar-refractivity contribution in [3.63, 3.8) is 0 Å². The lowest BCUT2D eigenvalue weighted by Crippen LogP contribution is -2.41. The zero-order valence-electron chi connectivity index (χ0n) is 17.1. The maximum atomic E-state index is 12.5. The lowest BCUT2D eigenvalue weighted by molar-refractivity contribution is -0.129. The number of hydrogen-bond donors (Lipinski definition) is 0. The first kappa shape index (κ1) is 22.0. The molecule has 0 radical (unpaired) electrons. The van der Waals surface area contributed by atoms with Crippen LogP contribution in [0.5, 0.6) is 11.5 Å². The van der Waals surface area contributed by atoms with Crippen LogP contribution in [0.15, 0.2) is 53.0 Å². The number of halogens is 1. The van der Waals surface area contributed by atoms with Crippen LogP contribution >= 0.6 is 15.9 Å². The molecule has 0 saturated carbocycles. The first-order valence-corrected chi connectivity index (χ1v) is 10.2. The van der Waals surface area contributed by atoms with E-state index in [0.717, 1.165) is 15.6 Å². The summed E-state index contributed by atoms with van der Waals surface area (Å²) in [6.45, 7) is 8.52. The molecular weight excluding hydrogens is 418 g/mol. The van der Waals surface area contributed by atoms with E-state index in [-0.39, 0.29) is 18.0 Å². The van der Waals surface area contributed by atoms with E-state index < -0.39 is 0 Å². The number of amides is 1. The number of carbonyl (C=O) groups excluding carboxylic acids is 1. The molecule has 5 heteroatoms. The van der Waals surface area contributed by atoms with Crippen molar-refractivity contribution in [1.29, 1.82) is 0 Å². The first-order valence-electron chi connectivity index (χ1n) is 9.38. The number of rotatable bonds is 8. The molecule has 2 rings (SSSR count). The summed E-state index contributed by atoms with van der Waals surface area (Å²) in [4.78, 5) is 14.4. The van der Waals surface area contributed by atoms with Gasteiger partial charge in [0, 0.05) is 18.2 Å². The predicted octanol–water partition coefficient (Wildman–Crippen LogP) is 5.70. The fourth-order valence-corrected chi connectivity index (χ4v) is 3.64. The number of benzene rings is 2. The molecule has 0 aliphatic carbocycles. The summed E-state index contributed by atoms with van der Waals surface area (Å²) in [5.74, 6) is 1.24. The SMILES string of the molecule is COc1cc(/C=C/C(=O)N(C(C)C)C(C)C)cc(Br)c1OCc1ccccc1. The van der Waals surface area contributed by atoms with E-state index in [1.165, 1.54) is 0 Å². The molecule has 0 aromatic heterocycles. The molecule has 2 aromatic rings. The third-order valence-electron chi connectivity index (χ3n) is 4.26. The third kappa shape index (κ3) is 5.86. The largest absolute Gasteiger partial charge is 0.493 e. The van der Waals surface area contributed by atoms with Gasteiger partial charge in [0.1, 0.15) is 6.61 Å². The summed E-state index contributed by atoms with van der Waals surface area (Å²) in [6.07, 6.45) is 3.40. The molecule has 2 aromatic carbocycles. The van der Waals surface area contributed by atoms with Gasteiger partial charge in [-0.3, -0.25) is 4.79 Å². The molecule has 0 aliphatic heterocycles. The average molecular weight is 446 g/mol. The molecule has 0 saturated heterocycles. The Morgan fingerprint density at radius 2 is 1.75 bits per heavy atom. The van der Waals surface area contributed by atoms with Crippen molar-refractivity contribution in [3.8, 4) is 11.5 Å². The second kappa shape index (κ2) is 10.3. The minimum Gasteiger partial charge on any atom is -0.493 e. The van der Waals surface area contributed by atoms with Crippen molar-refractivity contribution in [3.05, 3.63) is 64.1 Å². The van der Waals surface area contributed by atoms with E-state index in [2.05, 4.69) is 15.9 Å². The highest BCUT2D eigenvalue weighted by Crippen LogP contribution is 2.37. The second-order valence-corrected chi connectivity index (χ2v) is 7.93. The van der Waals surface area contributed by atoms with Crippen molar-refractivity contribution >= 4 is 27.9 Å². The molecule has 150 valence electrons.